The Morgan fingerprint density at radius 3 is 2.59 bits per heavy atom. The molecule has 3 rings (SSSR count). The Hall–Kier alpha value is -2.90. The molecule has 0 atom stereocenters. The number of aromatic nitrogens is 1. The van der Waals surface area contributed by atoms with Crippen LogP contribution >= 0.6 is 22.9 Å². The maximum atomic E-state index is 12.5. The summed E-state index contributed by atoms with van der Waals surface area (Å²) in [5.74, 6) is 0.238. The molecule has 0 bridgehead atoms. The van der Waals surface area contributed by atoms with Gasteiger partial charge in [-0.05, 0) is 30.3 Å². The van der Waals surface area contributed by atoms with Crippen LogP contribution in [-0.2, 0) is 16.0 Å². The van der Waals surface area contributed by atoms with Gasteiger partial charge in [0.15, 0.2) is 0 Å². The van der Waals surface area contributed by atoms with E-state index in [9.17, 15) is 9.59 Å². The van der Waals surface area contributed by atoms with E-state index in [1.807, 2.05) is 23.6 Å². The fraction of sp³-hybridized carbons (Fsp3) is 0.190. The third kappa shape index (κ3) is 5.56. The molecule has 1 N–H and O–H groups in total. The number of halogens is 1. The number of thiazole rings is 1. The highest BCUT2D eigenvalue weighted by molar-refractivity contribution is 7.13. The van der Waals surface area contributed by atoms with Gasteiger partial charge in [0.2, 0.25) is 11.8 Å². The van der Waals surface area contributed by atoms with E-state index >= 15 is 0 Å². The van der Waals surface area contributed by atoms with Gasteiger partial charge in [-0.15, -0.1) is 11.3 Å². The molecule has 1 heterocycles. The molecule has 0 unspecified atom stereocenters. The van der Waals surface area contributed by atoms with Crippen LogP contribution in [0.5, 0.6) is 5.75 Å². The quantitative estimate of drug-likeness (QED) is 0.613. The van der Waals surface area contributed by atoms with Gasteiger partial charge in [-0.2, -0.15) is 0 Å². The lowest BCUT2D eigenvalue weighted by Crippen LogP contribution is -2.35. The summed E-state index contributed by atoms with van der Waals surface area (Å²) in [5.41, 5.74) is 2.13. The molecular formula is C21H20ClN3O3S. The first-order chi connectivity index (χ1) is 14.0. The second-order valence-electron chi connectivity index (χ2n) is 6.33. The van der Waals surface area contributed by atoms with Gasteiger partial charge in [-0.1, -0.05) is 29.8 Å². The van der Waals surface area contributed by atoms with E-state index in [-0.39, 0.29) is 24.8 Å². The Labute approximate surface area is 178 Å². The van der Waals surface area contributed by atoms with E-state index in [1.54, 1.807) is 44.5 Å². The summed E-state index contributed by atoms with van der Waals surface area (Å²) in [6.45, 7) is -0.0492. The molecule has 29 heavy (non-hydrogen) atoms. The van der Waals surface area contributed by atoms with Gasteiger partial charge in [0.05, 0.1) is 30.8 Å². The predicted molar refractivity (Wildman–Crippen MR) is 116 cm³/mol. The standard InChI is InChI=1S/C21H20ClN3O3S/c1-25(12-19(26)23-14-7-9-16(28-2)10-8-14)20(27)11-15-13-29-21(24-15)17-5-3-4-6-18(17)22/h3-10,13H,11-12H2,1-2H3,(H,23,26). The molecule has 0 aliphatic heterocycles. The van der Waals surface area contributed by atoms with Crippen molar-refractivity contribution in [3.05, 3.63) is 64.6 Å². The van der Waals surface area contributed by atoms with Crippen LogP contribution in [0.2, 0.25) is 5.02 Å². The molecule has 2 aromatic carbocycles. The molecule has 8 heteroatoms. The molecule has 6 nitrogen and oxygen atoms in total. The van der Waals surface area contributed by atoms with Crippen LogP contribution in [0.3, 0.4) is 0 Å². The normalized spacial score (nSPS) is 10.4. The number of hydrogen-bond acceptors (Lipinski definition) is 5. The molecule has 0 radical (unpaired) electrons. The summed E-state index contributed by atoms with van der Waals surface area (Å²) in [5, 5.41) is 5.97. The zero-order valence-corrected chi connectivity index (χ0v) is 17.6. The monoisotopic (exact) mass is 429 g/mol. The first-order valence-corrected chi connectivity index (χ1v) is 10.1. The SMILES string of the molecule is COc1ccc(NC(=O)CN(C)C(=O)Cc2csc(-c3ccccc3Cl)n2)cc1. The minimum Gasteiger partial charge on any atom is -0.497 e. The van der Waals surface area contributed by atoms with Crippen molar-refractivity contribution in [2.24, 2.45) is 0 Å². The topological polar surface area (TPSA) is 71.5 Å². The Morgan fingerprint density at radius 1 is 1.17 bits per heavy atom. The predicted octanol–water partition coefficient (Wildman–Crippen LogP) is 4.11. The molecular weight excluding hydrogens is 410 g/mol. The van der Waals surface area contributed by atoms with Gasteiger partial charge in [0.25, 0.3) is 0 Å². The maximum Gasteiger partial charge on any atom is 0.243 e. The second-order valence-corrected chi connectivity index (χ2v) is 7.59. The molecule has 1 aromatic heterocycles. The molecule has 0 aliphatic carbocycles. The lowest BCUT2D eigenvalue weighted by Gasteiger charge is -2.16. The number of anilines is 1. The van der Waals surface area contributed by atoms with Crippen molar-refractivity contribution in [3.63, 3.8) is 0 Å². The molecule has 0 saturated carbocycles. The first-order valence-electron chi connectivity index (χ1n) is 8.83. The van der Waals surface area contributed by atoms with Gasteiger partial charge in [0.1, 0.15) is 10.8 Å². The van der Waals surface area contributed by atoms with Gasteiger partial charge in [-0.3, -0.25) is 9.59 Å². The summed E-state index contributed by atoms with van der Waals surface area (Å²) >= 11 is 7.64. The van der Waals surface area contributed by atoms with E-state index in [0.717, 1.165) is 10.6 Å². The summed E-state index contributed by atoms with van der Waals surface area (Å²) in [4.78, 5) is 30.5. The average Bonchev–Trinajstić information content (AvgIpc) is 3.17. The van der Waals surface area contributed by atoms with Crippen molar-refractivity contribution in [1.29, 1.82) is 0 Å². The van der Waals surface area contributed by atoms with E-state index in [4.69, 9.17) is 16.3 Å². The number of ether oxygens (including phenoxy) is 1. The van der Waals surface area contributed by atoms with Crippen LogP contribution in [0.25, 0.3) is 10.6 Å². The van der Waals surface area contributed by atoms with E-state index < -0.39 is 0 Å². The van der Waals surface area contributed by atoms with Crippen molar-refractivity contribution in [2.45, 2.75) is 6.42 Å². The number of benzene rings is 2. The molecule has 3 aromatic rings. The molecule has 0 saturated heterocycles. The van der Waals surface area contributed by atoms with Gasteiger partial charge in [0, 0.05) is 23.7 Å². The second kappa shape index (κ2) is 9.54. The van der Waals surface area contributed by atoms with Crippen LogP contribution < -0.4 is 10.1 Å². The Bertz CT molecular complexity index is 1000. The fourth-order valence-corrected chi connectivity index (χ4v) is 3.75. The summed E-state index contributed by atoms with van der Waals surface area (Å²) in [7, 11) is 3.17. The lowest BCUT2D eigenvalue weighted by molar-refractivity contribution is -0.132. The molecule has 0 aliphatic rings. The van der Waals surface area contributed by atoms with Crippen molar-refractivity contribution >= 4 is 40.4 Å². The van der Waals surface area contributed by atoms with E-state index in [2.05, 4.69) is 10.3 Å². The minimum absolute atomic E-state index is 0.0492. The van der Waals surface area contributed by atoms with E-state index in [0.29, 0.717) is 22.2 Å². The number of amides is 2. The van der Waals surface area contributed by atoms with Crippen molar-refractivity contribution in [1.82, 2.24) is 9.88 Å². The van der Waals surface area contributed by atoms with Gasteiger partial charge >= 0.3 is 0 Å². The highest BCUT2D eigenvalue weighted by Gasteiger charge is 2.16. The highest BCUT2D eigenvalue weighted by atomic mass is 35.5. The zero-order chi connectivity index (χ0) is 20.8. The summed E-state index contributed by atoms with van der Waals surface area (Å²) in [6, 6.07) is 14.4. The van der Waals surface area contributed by atoms with Crippen molar-refractivity contribution < 1.29 is 14.3 Å². The number of carbonyl (C=O) groups excluding carboxylic acids is 2. The average molecular weight is 430 g/mol. The van der Waals surface area contributed by atoms with Crippen LogP contribution in [0, 0.1) is 0 Å². The summed E-state index contributed by atoms with van der Waals surface area (Å²) in [6.07, 6.45) is 0.118. The van der Waals surface area contributed by atoms with Crippen LogP contribution in [0.1, 0.15) is 5.69 Å². The number of carbonyl (C=O) groups is 2. The lowest BCUT2D eigenvalue weighted by atomic mass is 10.2. The third-order valence-corrected chi connectivity index (χ3v) is 5.42. The minimum atomic E-state index is -0.277. The summed E-state index contributed by atoms with van der Waals surface area (Å²) < 4.78 is 5.09. The van der Waals surface area contributed by atoms with Crippen LogP contribution in [-0.4, -0.2) is 42.4 Å². The Kier molecular flexibility index (Phi) is 6.85. The number of nitrogens with zero attached hydrogens (tertiary/aromatic N) is 2. The zero-order valence-electron chi connectivity index (χ0n) is 16.0. The number of hydrogen-bond donors (Lipinski definition) is 1. The Morgan fingerprint density at radius 2 is 1.90 bits per heavy atom. The third-order valence-electron chi connectivity index (χ3n) is 4.17. The van der Waals surface area contributed by atoms with E-state index in [1.165, 1.54) is 16.2 Å². The number of nitrogens with one attached hydrogen (secondary N) is 1. The van der Waals surface area contributed by atoms with Crippen LogP contribution in [0.4, 0.5) is 5.69 Å². The van der Waals surface area contributed by atoms with Gasteiger partial charge in [-0.25, -0.2) is 4.98 Å². The molecule has 0 fully saturated rings. The highest BCUT2D eigenvalue weighted by Crippen LogP contribution is 2.30. The van der Waals surface area contributed by atoms with Crippen LogP contribution in [0.15, 0.2) is 53.9 Å². The number of likely N-dealkylation sites (N-methyl/N-ethyl adjacent to an activating group) is 1. The Balaban J connectivity index is 1.55. The first kappa shape index (κ1) is 20.8. The number of methoxy groups -OCH3 is 1. The maximum absolute atomic E-state index is 12.5. The fourth-order valence-electron chi connectivity index (χ4n) is 2.61. The van der Waals surface area contributed by atoms with Gasteiger partial charge < -0.3 is 15.0 Å². The number of rotatable bonds is 7. The van der Waals surface area contributed by atoms with Crippen molar-refractivity contribution in [3.8, 4) is 16.3 Å². The smallest absolute Gasteiger partial charge is 0.243 e. The largest absolute Gasteiger partial charge is 0.497 e. The van der Waals surface area contributed by atoms with Crippen molar-refractivity contribution in [2.75, 3.05) is 26.0 Å². The molecule has 150 valence electrons. The molecule has 2 amide bonds. The molecule has 0 spiro atoms.